The van der Waals surface area contributed by atoms with Crippen molar-refractivity contribution >= 4 is 57.1 Å². The van der Waals surface area contributed by atoms with E-state index in [0.717, 1.165) is 61.8 Å². The highest BCUT2D eigenvalue weighted by molar-refractivity contribution is 8.26. The molecule has 1 atom stereocenters. The Labute approximate surface area is 197 Å². The lowest BCUT2D eigenvalue weighted by molar-refractivity contribution is -0.132. The lowest BCUT2D eigenvalue weighted by Crippen LogP contribution is -2.37. The van der Waals surface area contributed by atoms with Crippen LogP contribution >= 0.6 is 24.0 Å². The van der Waals surface area contributed by atoms with Crippen molar-refractivity contribution in [3.63, 3.8) is 0 Å². The summed E-state index contributed by atoms with van der Waals surface area (Å²) in [6.07, 6.45) is 9.33. The van der Waals surface area contributed by atoms with E-state index in [9.17, 15) is 9.59 Å². The molecule has 0 saturated carbocycles. The molecule has 168 valence electrons. The molecule has 0 unspecified atom stereocenters. The Kier molecular flexibility index (Phi) is 6.35. The fourth-order valence-corrected chi connectivity index (χ4v) is 5.97. The van der Waals surface area contributed by atoms with Crippen LogP contribution in [0.5, 0.6) is 0 Å². The smallest absolute Gasteiger partial charge is 0.266 e. The van der Waals surface area contributed by atoms with Gasteiger partial charge in [0, 0.05) is 42.4 Å². The van der Waals surface area contributed by atoms with Crippen LogP contribution in [0.3, 0.4) is 0 Å². The predicted molar refractivity (Wildman–Crippen MR) is 131 cm³/mol. The number of ether oxygens (including phenoxy) is 1. The summed E-state index contributed by atoms with van der Waals surface area (Å²) in [6.45, 7) is 3.28. The van der Waals surface area contributed by atoms with E-state index in [1.807, 2.05) is 46.0 Å². The van der Waals surface area contributed by atoms with Gasteiger partial charge in [0.1, 0.15) is 10.9 Å². The van der Waals surface area contributed by atoms with E-state index < -0.39 is 0 Å². The first kappa shape index (κ1) is 21.7. The van der Waals surface area contributed by atoms with Crippen LogP contribution in [-0.4, -0.2) is 62.8 Å². The molecule has 0 bridgehead atoms. The number of likely N-dealkylation sites (tertiary alicyclic amines) is 1. The molecular formula is C24H27N3O3S2. The van der Waals surface area contributed by atoms with Crippen LogP contribution in [0.1, 0.15) is 37.7 Å². The molecule has 1 aromatic carbocycles. The molecule has 0 radical (unpaired) electrons. The van der Waals surface area contributed by atoms with Gasteiger partial charge < -0.3 is 14.2 Å². The summed E-state index contributed by atoms with van der Waals surface area (Å²) in [5, 5.41) is 1.03. The van der Waals surface area contributed by atoms with Gasteiger partial charge in [-0.25, -0.2) is 0 Å². The number of hydrogen-bond donors (Lipinski definition) is 0. The van der Waals surface area contributed by atoms with E-state index >= 15 is 0 Å². The third kappa shape index (κ3) is 4.36. The maximum atomic E-state index is 13.1. The van der Waals surface area contributed by atoms with Gasteiger partial charge >= 0.3 is 0 Å². The number of piperidine rings is 1. The number of rotatable bonds is 5. The van der Waals surface area contributed by atoms with Crippen molar-refractivity contribution in [3.05, 3.63) is 40.9 Å². The second kappa shape index (κ2) is 9.37. The second-order valence-corrected chi connectivity index (χ2v) is 10.3. The molecule has 3 aliphatic heterocycles. The zero-order chi connectivity index (χ0) is 22.1. The number of thiocarbonyl (C=S) groups is 1. The number of fused-ring (bicyclic) bond motifs is 1. The van der Waals surface area contributed by atoms with Gasteiger partial charge in [-0.1, -0.05) is 42.2 Å². The minimum atomic E-state index is -0.0586. The molecule has 4 heterocycles. The number of para-hydroxylation sites is 1. The van der Waals surface area contributed by atoms with Crippen molar-refractivity contribution < 1.29 is 14.3 Å². The molecule has 3 saturated heterocycles. The van der Waals surface area contributed by atoms with E-state index in [1.165, 1.54) is 18.2 Å². The summed E-state index contributed by atoms with van der Waals surface area (Å²) in [4.78, 5) is 30.2. The maximum absolute atomic E-state index is 13.1. The number of amides is 2. The van der Waals surface area contributed by atoms with Gasteiger partial charge in [0.05, 0.1) is 17.6 Å². The third-order valence-electron chi connectivity index (χ3n) is 6.40. The van der Waals surface area contributed by atoms with Gasteiger partial charge in [-0.2, -0.15) is 0 Å². The number of benzene rings is 1. The first-order valence-corrected chi connectivity index (χ1v) is 12.6. The minimum Gasteiger partial charge on any atom is -0.376 e. The van der Waals surface area contributed by atoms with E-state index in [1.54, 1.807) is 4.90 Å². The fraction of sp³-hybridized carbons (Fsp3) is 0.458. The van der Waals surface area contributed by atoms with Crippen LogP contribution in [0.25, 0.3) is 17.0 Å². The van der Waals surface area contributed by atoms with Crippen molar-refractivity contribution in [2.45, 2.75) is 44.8 Å². The standard InChI is InChI=1S/C24H27N3O3S2/c28-22(25-10-4-1-5-11-25)16-26-14-17(19-8-2-3-9-20(19)26)13-21-23(29)27(24(31)32-21)15-18-7-6-12-30-18/h2-3,8-9,13-14,18H,1,4-7,10-12,15-16H2/b21-13-/t18-/m0/s1. The van der Waals surface area contributed by atoms with Crippen LogP contribution in [0.15, 0.2) is 35.4 Å². The first-order chi connectivity index (χ1) is 15.6. The van der Waals surface area contributed by atoms with Gasteiger partial charge in [-0.05, 0) is 44.2 Å². The van der Waals surface area contributed by atoms with Crippen LogP contribution < -0.4 is 0 Å². The average Bonchev–Trinajstić information content (AvgIpc) is 3.51. The summed E-state index contributed by atoms with van der Waals surface area (Å²) < 4.78 is 8.28. The number of thioether (sulfide) groups is 1. The SMILES string of the molecule is O=C(Cn1cc(/C=C2\SC(=S)N(C[C@@H]3CCCO3)C2=O)c2ccccc21)N1CCCCC1. The molecule has 3 fully saturated rings. The first-order valence-electron chi connectivity index (χ1n) is 11.3. The average molecular weight is 470 g/mol. The lowest BCUT2D eigenvalue weighted by atomic mass is 10.1. The van der Waals surface area contributed by atoms with E-state index in [4.69, 9.17) is 17.0 Å². The van der Waals surface area contributed by atoms with Crippen molar-refractivity contribution in [3.8, 4) is 0 Å². The number of aromatic nitrogens is 1. The highest BCUT2D eigenvalue weighted by Gasteiger charge is 2.34. The van der Waals surface area contributed by atoms with E-state index in [-0.39, 0.29) is 17.9 Å². The summed E-state index contributed by atoms with van der Waals surface area (Å²) in [7, 11) is 0. The number of carbonyl (C=O) groups is 2. The third-order valence-corrected chi connectivity index (χ3v) is 7.78. The van der Waals surface area contributed by atoms with Gasteiger partial charge in [-0.15, -0.1) is 0 Å². The lowest BCUT2D eigenvalue weighted by Gasteiger charge is -2.27. The molecule has 3 aliphatic rings. The monoisotopic (exact) mass is 469 g/mol. The molecule has 1 aromatic heterocycles. The Morgan fingerprint density at radius 1 is 1.19 bits per heavy atom. The summed E-state index contributed by atoms with van der Waals surface area (Å²) in [5.41, 5.74) is 1.93. The van der Waals surface area contributed by atoms with Crippen molar-refractivity contribution in [1.29, 1.82) is 0 Å². The van der Waals surface area contributed by atoms with Gasteiger partial charge in [0.15, 0.2) is 0 Å². The van der Waals surface area contributed by atoms with Crippen molar-refractivity contribution in [2.75, 3.05) is 26.2 Å². The molecule has 8 heteroatoms. The van der Waals surface area contributed by atoms with Crippen LogP contribution in [0, 0.1) is 0 Å². The van der Waals surface area contributed by atoms with Gasteiger partial charge in [0.2, 0.25) is 5.91 Å². The molecule has 0 spiro atoms. The molecule has 2 amide bonds. The largest absolute Gasteiger partial charge is 0.376 e. The van der Waals surface area contributed by atoms with Crippen LogP contribution in [0.2, 0.25) is 0 Å². The molecule has 0 N–H and O–H groups in total. The second-order valence-electron chi connectivity index (χ2n) is 8.60. The predicted octanol–water partition coefficient (Wildman–Crippen LogP) is 4.03. The molecule has 32 heavy (non-hydrogen) atoms. The maximum Gasteiger partial charge on any atom is 0.266 e. The Hall–Kier alpha value is -2.16. The fourth-order valence-electron chi connectivity index (χ4n) is 4.70. The summed E-state index contributed by atoms with van der Waals surface area (Å²) in [5.74, 6) is 0.0941. The van der Waals surface area contributed by atoms with Crippen molar-refractivity contribution in [2.24, 2.45) is 0 Å². The van der Waals surface area contributed by atoms with Gasteiger partial charge in [-0.3, -0.25) is 14.5 Å². The Morgan fingerprint density at radius 3 is 2.78 bits per heavy atom. The quantitative estimate of drug-likeness (QED) is 0.489. The zero-order valence-corrected chi connectivity index (χ0v) is 19.6. The van der Waals surface area contributed by atoms with E-state index in [2.05, 4.69) is 0 Å². The highest BCUT2D eigenvalue weighted by atomic mass is 32.2. The topological polar surface area (TPSA) is 54.8 Å². The van der Waals surface area contributed by atoms with Crippen LogP contribution in [-0.2, 0) is 20.9 Å². The number of nitrogens with zero attached hydrogens (tertiary/aromatic N) is 3. The summed E-state index contributed by atoms with van der Waals surface area (Å²) in [6, 6.07) is 8.03. The molecule has 0 aliphatic carbocycles. The van der Waals surface area contributed by atoms with E-state index in [0.29, 0.717) is 22.3 Å². The zero-order valence-electron chi connectivity index (χ0n) is 18.0. The van der Waals surface area contributed by atoms with Crippen LogP contribution in [0.4, 0.5) is 0 Å². The molecule has 2 aromatic rings. The normalized spacial score (nSPS) is 23.1. The van der Waals surface area contributed by atoms with Gasteiger partial charge in [0.25, 0.3) is 5.91 Å². The van der Waals surface area contributed by atoms with Crippen molar-refractivity contribution in [1.82, 2.24) is 14.4 Å². The Balaban J connectivity index is 1.39. The Morgan fingerprint density at radius 2 is 2.00 bits per heavy atom. The highest BCUT2D eigenvalue weighted by Crippen LogP contribution is 2.35. The molecular weight excluding hydrogens is 442 g/mol. The Bertz CT molecular complexity index is 1080. The number of carbonyl (C=O) groups excluding carboxylic acids is 2. The molecule has 6 nitrogen and oxygen atoms in total. The number of hydrogen-bond acceptors (Lipinski definition) is 5. The summed E-state index contributed by atoms with van der Waals surface area (Å²) >= 11 is 6.84. The molecule has 5 rings (SSSR count). The minimum absolute atomic E-state index is 0.0586.